The highest BCUT2D eigenvalue weighted by Gasteiger charge is 2.20. The van der Waals surface area contributed by atoms with E-state index in [0.29, 0.717) is 29.2 Å². The van der Waals surface area contributed by atoms with E-state index in [1.165, 1.54) is 27.0 Å². The number of benzene rings is 1. The summed E-state index contributed by atoms with van der Waals surface area (Å²) in [5, 5.41) is 9.43. The highest BCUT2D eigenvalue weighted by Crippen LogP contribution is 2.24. The molecule has 0 saturated carbocycles. The molecule has 1 aromatic carbocycles. The van der Waals surface area contributed by atoms with E-state index in [2.05, 4.69) is 46.1 Å². The second kappa shape index (κ2) is 10.7. The van der Waals surface area contributed by atoms with E-state index in [1.54, 1.807) is 22.9 Å². The zero-order chi connectivity index (χ0) is 25.8. The molecule has 10 heteroatoms. The first kappa shape index (κ1) is 25.1. The van der Waals surface area contributed by atoms with Crippen LogP contribution >= 0.6 is 0 Å². The summed E-state index contributed by atoms with van der Waals surface area (Å²) in [6.45, 7) is 11.5. The number of nitrogens with one attached hydrogen (secondary N) is 1. The van der Waals surface area contributed by atoms with Crippen LogP contribution in [0.4, 0.5) is 11.6 Å². The Labute approximate surface area is 210 Å². The molecule has 188 valence electrons. The van der Waals surface area contributed by atoms with Crippen molar-refractivity contribution < 1.29 is 4.79 Å². The number of hydrazone groups is 1. The number of allylic oxidation sites excluding steroid dienone is 3. The largest absolute Gasteiger partial charge is 0.324 e. The summed E-state index contributed by atoms with van der Waals surface area (Å²) in [5.74, 6) is 0.727. The third-order valence-corrected chi connectivity index (χ3v) is 6.03. The number of fused-ring (bicyclic) bond motifs is 2. The van der Waals surface area contributed by atoms with Gasteiger partial charge in [0.2, 0.25) is 12.4 Å². The van der Waals surface area contributed by atoms with E-state index in [-0.39, 0.29) is 18.1 Å². The number of amides is 1. The number of rotatable bonds is 8. The minimum absolute atomic E-state index is 0.167. The molecule has 0 spiro atoms. The van der Waals surface area contributed by atoms with Gasteiger partial charge in [-0.2, -0.15) is 10.1 Å². The molecule has 1 aliphatic rings. The van der Waals surface area contributed by atoms with Crippen molar-refractivity contribution in [1.29, 1.82) is 0 Å². The number of nitrogens with zero attached hydrogens (tertiary/aromatic N) is 7. The van der Waals surface area contributed by atoms with E-state index in [0.717, 1.165) is 25.2 Å². The molecule has 1 aliphatic heterocycles. The van der Waals surface area contributed by atoms with E-state index < -0.39 is 0 Å². The normalized spacial score (nSPS) is 14.4. The smallest absolute Gasteiger partial charge is 0.278 e. The number of aromatic nitrogens is 4. The van der Waals surface area contributed by atoms with Gasteiger partial charge in [0.25, 0.3) is 5.56 Å². The molecule has 0 bridgehead atoms. The van der Waals surface area contributed by atoms with Gasteiger partial charge in [-0.1, -0.05) is 18.2 Å². The molecule has 3 aromatic rings. The van der Waals surface area contributed by atoms with Gasteiger partial charge < -0.3 is 10.2 Å². The molecule has 10 nitrogen and oxygen atoms in total. The van der Waals surface area contributed by atoms with E-state index in [4.69, 9.17) is 4.98 Å². The molecule has 0 unspecified atom stereocenters. The fourth-order valence-electron chi connectivity index (χ4n) is 4.18. The molecule has 0 fully saturated rings. The number of hydrogen-bond acceptors (Lipinski definition) is 7. The Morgan fingerprint density at radius 1 is 1.33 bits per heavy atom. The lowest BCUT2D eigenvalue weighted by molar-refractivity contribution is -0.119. The van der Waals surface area contributed by atoms with Crippen molar-refractivity contribution in [3.63, 3.8) is 0 Å². The second-order valence-corrected chi connectivity index (χ2v) is 9.05. The van der Waals surface area contributed by atoms with Crippen molar-refractivity contribution in [2.45, 2.75) is 46.3 Å². The lowest BCUT2D eigenvalue weighted by Gasteiger charge is -2.25. The molecule has 0 aliphatic carbocycles. The highest BCUT2D eigenvalue weighted by molar-refractivity contribution is 5.99. The third kappa shape index (κ3) is 4.99. The monoisotopic (exact) mass is 488 g/mol. The average Bonchev–Trinajstić information content (AvgIpc) is 3.12. The Morgan fingerprint density at radius 3 is 2.83 bits per heavy atom. The first-order valence-corrected chi connectivity index (χ1v) is 12.0. The summed E-state index contributed by atoms with van der Waals surface area (Å²) in [4.78, 5) is 36.3. The van der Waals surface area contributed by atoms with Crippen LogP contribution in [0.5, 0.6) is 0 Å². The van der Waals surface area contributed by atoms with Crippen LogP contribution in [0, 0.1) is 0 Å². The SMILES string of the molecule is C=CCn1c(=O)c2cnc(Nc3ccc4c(c3)CCN(C)C4)nc2n1C(/C=C\C)=N/N(C=O)C(C)C. The Kier molecular flexibility index (Phi) is 7.44. The number of carbonyl (C=O) groups excluding carboxylic acids is 1. The average molecular weight is 489 g/mol. The number of likely N-dealkylation sites (N-methyl/N-ethyl adjacent to an activating group) is 1. The first-order valence-electron chi connectivity index (χ1n) is 12.0. The van der Waals surface area contributed by atoms with Gasteiger partial charge in [0.1, 0.15) is 5.39 Å². The first-order chi connectivity index (χ1) is 17.4. The summed E-state index contributed by atoms with van der Waals surface area (Å²) in [5.41, 5.74) is 3.61. The Bertz CT molecular complexity index is 1400. The molecule has 1 N–H and O–H groups in total. The Hall–Kier alpha value is -4.05. The molecule has 3 heterocycles. The van der Waals surface area contributed by atoms with Gasteiger partial charge in [0.15, 0.2) is 11.5 Å². The van der Waals surface area contributed by atoms with Gasteiger partial charge in [-0.05, 0) is 63.6 Å². The zero-order valence-corrected chi connectivity index (χ0v) is 21.2. The molecule has 2 aromatic heterocycles. The topological polar surface area (TPSA) is 101 Å². The van der Waals surface area contributed by atoms with E-state index in [9.17, 15) is 9.59 Å². The van der Waals surface area contributed by atoms with Crippen LogP contribution in [-0.2, 0) is 24.3 Å². The minimum atomic E-state index is -0.270. The van der Waals surface area contributed by atoms with Gasteiger partial charge >= 0.3 is 0 Å². The number of anilines is 2. The van der Waals surface area contributed by atoms with Crippen LogP contribution in [0.3, 0.4) is 0 Å². The molecule has 0 atom stereocenters. The van der Waals surface area contributed by atoms with Crippen LogP contribution < -0.4 is 10.9 Å². The van der Waals surface area contributed by atoms with Crippen LogP contribution in [0.15, 0.2) is 59.1 Å². The Morgan fingerprint density at radius 2 is 2.14 bits per heavy atom. The van der Waals surface area contributed by atoms with E-state index >= 15 is 0 Å². The summed E-state index contributed by atoms with van der Waals surface area (Å²) in [7, 11) is 2.12. The summed E-state index contributed by atoms with van der Waals surface area (Å²) in [6, 6.07) is 6.10. The van der Waals surface area contributed by atoms with Gasteiger partial charge in [-0.15, -0.1) is 6.58 Å². The van der Waals surface area contributed by atoms with Crippen molar-refractivity contribution >= 4 is 34.9 Å². The maximum atomic E-state index is 13.2. The van der Waals surface area contributed by atoms with Crippen LogP contribution in [0.25, 0.3) is 11.0 Å². The van der Waals surface area contributed by atoms with E-state index in [1.807, 2.05) is 26.8 Å². The minimum Gasteiger partial charge on any atom is -0.324 e. The molecular formula is C26H32N8O2. The predicted octanol–water partition coefficient (Wildman–Crippen LogP) is 3.12. The van der Waals surface area contributed by atoms with Crippen molar-refractivity contribution in [3.8, 4) is 0 Å². The van der Waals surface area contributed by atoms with Crippen LogP contribution in [-0.4, -0.2) is 61.1 Å². The Balaban J connectivity index is 1.82. The van der Waals surface area contributed by atoms with Crippen molar-refractivity contribution in [3.05, 3.63) is 70.7 Å². The fourth-order valence-corrected chi connectivity index (χ4v) is 4.18. The van der Waals surface area contributed by atoms with Gasteiger partial charge in [-0.3, -0.25) is 9.59 Å². The predicted molar refractivity (Wildman–Crippen MR) is 142 cm³/mol. The molecule has 1 amide bonds. The van der Waals surface area contributed by atoms with Gasteiger partial charge in [0, 0.05) is 31.0 Å². The zero-order valence-electron chi connectivity index (χ0n) is 21.2. The quantitative estimate of drug-likeness (QED) is 0.172. The van der Waals surface area contributed by atoms with Gasteiger partial charge in [-0.25, -0.2) is 19.4 Å². The lowest BCUT2D eigenvalue weighted by Crippen LogP contribution is -2.31. The third-order valence-electron chi connectivity index (χ3n) is 6.03. The standard InChI is InChI=1S/C26H32N8O2/c1-6-8-23(30-32(17-35)18(3)4)34-24-22(25(36)33(34)12-7-2)15-27-26(29-24)28-21-10-9-20-16-31(5)13-11-19(20)14-21/h6-10,14-15,17-18H,2,11-13,16H2,1,3-5H3,(H,27,28,29)/b8-6-,30-23+. The van der Waals surface area contributed by atoms with Crippen LogP contribution in [0.2, 0.25) is 0 Å². The van der Waals surface area contributed by atoms with Crippen molar-refractivity contribution in [2.24, 2.45) is 5.10 Å². The molecule has 0 saturated heterocycles. The molecule has 0 radical (unpaired) electrons. The summed E-state index contributed by atoms with van der Waals surface area (Å²) < 4.78 is 3.08. The molecular weight excluding hydrogens is 456 g/mol. The number of carbonyl (C=O) groups is 1. The van der Waals surface area contributed by atoms with Gasteiger partial charge in [0.05, 0.1) is 6.54 Å². The summed E-state index contributed by atoms with van der Waals surface area (Å²) in [6.07, 6.45) is 8.31. The number of hydrogen-bond donors (Lipinski definition) is 1. The van der Waals surface area contributed by atoms with Crippen LogP contribution in [0.1, 0.15) is 31.9 Å². The molecule has 36 heavy (non-hydrogen) atoms. The summed E-state index contributed by atoms with van der Waals surface area (Å²) >= 11 is 0. The highest BCUT2D eigenvalue weighted by atomic mass is 16.1. The lowest BCUT2D eigenvalue weighted by atomic mass is 9.99. The van der Waals surface area contributed by atoms with Crippen molar-refractivity contribution in [2.75, 3.05) is 18.9 Å². The van der Waals surface area contributed by atoms with Crippen molar-refractivity contribution in [1.82, 2.24) is 29.2 Å². The maximum absolute atomic E-state index is 13.2. The fraction of sp³-hybridized carbons (Fsp3) is 0.346. The second-order valence-electron chi connectivity index (χ2n) is 9.05. The molecule has 4 rings (SSSR count). The maximum Gasteiger partial charge on any atom is 0.278 e.